The van der Waals surface area contributed by atoms with Gasteiger partial charge < -0.3 is 15.4 Å². The van der Waals surface area contributed by atoms with Gasteiger partial charge in [0.05, 0.1) is 6.54 Å². The highest BCUT2D eigenvalue weighted by Crippen LogP contribution is 2.16. The summed E-state index contributed by atoms with van der Waals surface area (Å²) in [6.45, 7) is 6.51. The van der Waals surface area contributed by atoms with E-state index >= 15 is 0 Å². The van der Waals surface area contributed by atoms with Crippen LogP contribution >= 0.6 is 35.6 Å². The van der Waals surface area contributed by atoms with Crippen LogP contribution in [-0.2, 0) is 6.54 Å². The average molecular weight is 492 g/mol. The molecule has 1 aromatic heterocycles. The molecule has 0 amide bonds. The Hall–Kier alpha value is -1.48. The van der Waals surface area contributed by atoms with Gasteiger partial charge in [-0.25, -0.2) is 0 Å². The molecule has 2 unspecified atom stereocenters. The van der Waals surface area contributed by atoms with Gasteiger partial charge in [0, 0.05) is 37.6 Å². The van der Waals surface area contributed by atoms with Gasteiger partial charge in [0.2, 0.25) is 0 Å². The Bertz CT molecular complexity index is 648. The molecule has 1 aromatic carbocycles. The average Bonchev–Trinajstić information content (AvgIpc) is 3.10. The van der Waals surface area contributed by atoms with Gasteiger partial charge in [0.1, 0.15) is 11.9 Å². The van der Waals surface area contributed by atoms with E-state index in [4.69, 9.17) is 16.3 Å². The number of aliphatic imine (C=N–C) groups is 1. The minimum absolute atomic E-state index is 0. The van der Waals surface area contributed by atoms with Crippen LogP contribution in [-0.4, -0.2) is 42.0 Å². The molecule has 0 aliphatic heterocycles. The minimum atomic E-state index is 0. The summed E-state index contributed by atoms with van der Waals surface area (Å²) >= 11 is 5.88. The summed E-state index contributed by atoms with van der Waals surface area (Å²) in [5.41, 5.74) is 0. The third-order valence-corrected chi connectivity index (χ3v) is 3.86. The number of hydrogen-bond donors (Lipinski definition) is 2. The first kappa shape index (κ1) is 22.6. The fourth-order valence-corrected chi connectivity index (χ4v) is 2.44. The first-order valence-corrected chi connectivity index (χ1v) is 8.78. The van der Waals surface area contributed by atoms with Gasteiger partial charge in [-0.3, -0.25) is 9.67 Å². The zero-order chi connectivity index (χ0) is 18.1. The number of nitrogens with one attached hydrogen (secondary N) is 2. The summed E-state index contributed by atoms with van der Waals surface area (Å²) in [6, 6.07) is 9.30. The van der Waals surface area contributed by atoms with Gasteiger partial charge in [-0.1, -0.05) is 18.5 Å². The maximum absolute atomic E-state index is 5.88. The maximum atomic E-state index is 5.88. The molecule has 2 N–H and O–H groups in total. The molecule has 0 radical (unpaired) electrons. The molecule has 2 aromatic rings. The van der Waals surface area contributed by atoms with Gasteiger partial charge in [-0.2, -0.15) is 5.10 Å². The van der Waals surface area contributed by atoms with E-state index in [9.17, 15) is 0 Å². The van der Waals surface area contributed by atoms with Crippen molar-refractivity contribution in [3.8, 4) is 5.75 Å². The minimum Gasteiger partial charge on any atom is -0.489 e. The Labute approximate surface area is 177 Å². The van der Waals surface area contributed by atoms with Crippen molar-refractivity contribution >= 4 is 41.5 Å². The van der Waals surface area contributed by atoms with Crippen molar-refractivity contribution in [3.05, 3.63) is 47.7 Å². The molecule has 8 heteroatoms. The molecule has 0 fully saturated rings. The van der Waals surface area contributed by atoms with Crippen molar-refractivity contribution < 1.29 is 4.74 Å². The fraction of sp³-hybridized carbons (Fsp3) is 0.444. The lowest BCUT2D eigenvalue weighted by Gasteiger charge is -2.19. The molecule has 0 bridgehead atoms. The summed E-state index contributed by atoms with van der Waals surface area (Å²) in [4.78, 5) is 4.25. The van der Waals surface area contributed by atoms with Gasteiger partial charge in [0.25, 0.3) is 0 Å². The third kappa shape index (κ3) is 8.27. The first-order chi connectivity index (χ1) is 12.1. The van der Waals surface area contributed by atoms with E-state index in [1.165, 1.54) is 0 Å². The molecule has 0 saturated heterocycles. The number of ether oxygens (including phenoxy) is 1. The van der Waals surface area contributed by atoms with Crippen molar-refractivity contribution in [2.45, 2.75) is 26.5 Å². The maximum Gasteiger partial charge on any atom is 0.191 e. The molecule has 0 spiro atoms. The Morgan fingerprint density at radius 3 is 2.54 bits per heavy atom. The molecule has 0 aliphatic carbocycles. The SMILES string of the molecule is CN=C(NCC(C)Cn1cccn1)NCC(C)Oc1ccc(Cl)cc1.I. The van der Waals surface area contributed by atoms with Crippen LogP contribution in [0.5, 0.6) is 5.75 Å². The number of hydrogen-bond acceptors (Lipinski definition) is 3. The Balaban J connectivity index is 0.00000338. The smallest absolute Gasteiger partial charge is 0.191 e. The molecule has 2 atom stereocenters. The van der Waals surface area contributed by atoms with E-state index in [0.29, 0.717) is 17.5 Å². The van der Waals surface area contributed by atoms with Crippen LogP contribution in [0.3, 0.4) is 0 Å². The number of nitrogens with zero attached hydrogens (tertiary/aromatic N) is 3. The zero-order valence-electron chi connectivity index (χ0n) is 15.4. The van der Waals surface area contributed by atoms with Crippen molar-refractivity contribution in [2.24, 2.45) is 10.9 Å². The molecular formula is C18H27ClIN5O. The van der Waals surface area contributed by atoms with Gasteiger partial charge in [0.15, 0.2) is 5.96 Å². The molecule has 0 aliphatic rings. The molecule has 2 rings (SSSR count). The highest BCUT2D eigenvalue weighted by Gasteiger charge is 2.08. The normalized spacial score (nSPS) is 13.5. The zero-order valence-corrected chi connectivity index (χ0v) is 18.4. The monoisotopic (exact) mass is 491 g/mol. The molecule has 6 nitrogen and oxygen atoms in total. The summed E-state index contributed by atoms with van der Waals surface area (Å²) < 4.78 is 7.78. The highest BCUT2D eigenvalue weighted by molar-refractivity contribution is 14.0. The van der Waals surface area contributed by atoms with Gasteiger partial charge in [-0.15, -0.1) is 24.0 Å². The second kappa shape index (κ2) is 12.0. The van der Waals surface area contributed by atoms with Crippen molar-refractivity contribution in [1.29, 1.82) is 0 Å². The third-order valence-electron chi connectivity index (χ3n) is 3.61. The summed E-state index contributed by atoms with van der Waals surface area (Å²) in [7, 11) is 1.76. The van der Waals surface area contributed by atoms with Crippen LogP contribution < -0.4 is 15.4 Å². The van der Waals surface area contributed by atoms with Crippen LogP contribution in [0, 0.1) is 5.92 Å². The number of halogens is 2. The van der Waals surface area contributed by atoms with E-state index in [-0.39, 0.29) is 30.1 Å². The van der Waals surface area contributed by atoms with Crippen molar-refractivity contribution in [1.82, 2.24) is 20.4 Å². The fourth-order valence-electron chi connectivity index (χ4n) is 2.31. The molecule has 26 heavy (non-hydrogen) atoms. The van der Waals surface area contributed by atoms with Crippen LogP contribution in [0.15, 0.2) is 47.7 Å². The second-order valence-corrected chi connectivity index (χ2v) is 6.49. The van der Waals surface area contributed by atoms with Crippen molar-refractivity contribution in [3.63, 3.8) is 0 Å². The quantitative estimate of drug-likeness (QED) is 0.337. The topological polar surface area (TPSA) is 63.5 Å². The van der Waals surface area contributed by atoms with Crippen LogP contribution in [0.4, 0.5) is 0 Å². The molecule has 144 valence electrons. The predicted molar refractivity (Wildman–Crippen MR) is 118 cm³/mol. The largest absolute Gasteiger partial charge is 0.489 e. The lowest BCUT2D eigenvalue weighted by Crippen LogP contribution is -2.43. The highest BCUT2D eigenvalue weighted by atomic mass is 127. The van der Waals surface area contributed by atoms with Gasteiger partial charge in [-0.05, 0) is 43.2 Å². The van der Waals surface area contributed by atoms with E-state index < -0.39 is 0 Å². The Morgan fingerprint density at radius 1 is 1.23 bits per heavy atom. The summed E-state index contributed by atoms with van der Waals surface area (Å²) in [5.74, 6) is 1.99. The van der Waals surface area contributed by atoms with Crippen LogP contribution in [0.25, 0.3) is 0 Å². The number of benzene rings is 1. The summed E-state index contributed by atoms with van der Waals surface area (Å²) in [5, 5.41) is 11.5. The first-order valence-electron chi connectivity index (χ1n) is 8.41. The second-order valence-electron chi connectivity index (χ2n) is 6.05. The Kier molecular flexibility index (Phi) is 10.4. The van der Waals surface area contributed by atoms with E-state index in [2.05, 4.69) is 27.6 Å². The predicted octanol–water partition coefficient (Wildman–Crippen LogP) is 3.42. The van der Waals surface area contributed by atoms with E-state index in [0.717, 1.165) is 24.8 Å². The Morgan fingerprint density at radius 2 is 1.92 bits per heavy atom. The van der Waals surface area contributed by atoms with Crippen molar-refractivity contribution in [2.75, 3.05) is 20.1 Å². The number of aromatic nitrogens is 2. The standard InChI is InChI=1S/C18H26ClN5O.HI/c1-14(13-24-10-4-9-23-24)11-21-18(20-3)22-12-15(2)25-17-7-5-16(19)6-8-17;/h4-10,14-15H,11-13H2,1-3H3,(H2,20,21,22);1H. The van der Waals surface area contributed by atoms with Crippen LogP contribution in [0.2, 0.25) is 5.02 Å². The van der Waals surface area contributed by atoms with E-state index in [1.54, 1.807) is 13.2 Å². The van der Waals surface area contributed by atoms with Gasteiger partial charge >= 0.3 is 0 Å². The lowest BCUT2D eigenvalue weighted by atomic mass is 10.2. The molecular weight excluding hydrogens is 465 g/mol. The van der Waals surface area contributed by atoms with Crippen LogP contribution in [0.1, 0.15) is 13.8 Å². The number of rotatable bonds is 8. The lowest BCUT2D eigenvalue weighted by molar-refractivity contribution is 0.224. The van der Waals surface area contributed by atoms with E-state index in [1.807, 2.05) is 48.1 Å². The molecule has 0 saturated carbocycles. The number of guanidine groups is 1. The summed E-state index contributed by atoms with van der Waals surface area (Å²) in [6.07, 6.45) is 3.77. The molecule has 1 heterocycles.